The van der Waals surface area contributed by atoms with E-state index in [1.165, 1.54) is 135 Å². The standard InChI is InChI=1S/C42H83N3O8/c1-2-3-4-5-6-7-8-9-10-15-18-21-24-35(47)37(48)34(31-52-42-40(51)39(50)38(49)36(30-46)53-42)41-44-29-33(45-41)23-20-17-14-12-11-13-16-19-22-32-25-27-43-28-26-32/h32-51H,2-31H2,1H3/t33?,34-,35+,36?,37-,38?,39?,40?,41?,42?/m0/s1. The zero-order valence-electron chi connectivity index (χ0n) is 33.6. The van der Waals surface area contributed by atoms with Crippen molar-refractivity contribution in [2.24, 2.45) is 11.8 Å². The Morgan fingerprint density at radius 1 is 0.679 bits per heavy atom. The molecule has 0 aromatic rings. The molecule has 0 aromatic heterocycles. The number of rotatable bonds is 31. The molecule has 0 aliphatic carbocycles. The summed E-state index contributed by atoms with van der Waals surface area (Å²) >= 11 is 0. The van der Waals surface area contributed by atoms with Gasteiger partial charge in [0.15, 0.2) is 6.29 Å². The summed E-state index contributed by atoms with van der Waals surface area (Å²) in [4.78, 5) is 0. The van der Waals surface area contributed by atoms with Gasteiger partial charge in [-0.3, -0.25) is 10.6 Å². The molecular weight excluding hydrogens is 674 g/mol. The van der Waals surface area contributed by atoms with Gasteiger partial charge in [-0.1, -0.05) is 142 Å². The number of ether oxygens (including phenoxy) is 2. The number of aliphatic hydroxyl groups is 6. The fourth-order valence-corrected chi connectivity index (χ4v) is 8.61. The smallest absolute Gasteiger partial charge is 0.186 e. The maximum atomic E-state index is 11.5. The average Bonchev–Trinajstić information content (AvgIpc) is 3.64. The number of hydrogen-bond donors (Lipinski definition) is 9. The molecule has 0 bridgehead atoms. The van der Waals surface area contributed by atoms with Gasteiger partial charge in [-0.2, -0.15) is 0 Å². The van der Waals surface area contributed by atoms with Crippen molar-refractivity contribution in [3.63, 3.8) is 0 Å². The van der Waals surface area contributed by atoms with Crippen molar-refractivity contribution in [1.29, 1.82) is 0 Å². The summed E-state index contributed by atoms with van der Waals surface area (Å²) in [5, 5.41) is 73.8. The predicted octanol–water partition coefficient (Wildman–Crippen LogP) is 5.02. The maximum Gasteiger partial charge on any atom is 0.186 e. The lowest BCUT2D eigenvalue weighted by Gasteiger charge is -2.40. The summed E-state index contributed by atoms with van der Waals surface area (Å²) < 4.78 is 11.5. The van der Waals surface area contributed by atoms with Gasteiger partial charge in [0.2, 0.25) is 0 Å². The Bertz CT molecular complexity index is 868. The molecular formula is C42H83N3O8. The fraction of sp³-hybridized carbons (Fsp3) is 1.00. The molecule has 11 heteroatoms. The van der Waals surface area contributed by atoms with Crippen LogP contribution in [0.25, 0.3) is 0 Å². The minimum atomic E-state index is -1.54. The molecule has 53 heavy (non-hydrogen) atoms. The van der Waals surface area contributed by atoms with Crippen LogP contribution in [0.5, 0.6) is 0 Å². The summed E-state index contributed by atoms with van der Waals surface area (Å²) in [5.41, 5.74) is 0. The first-order chi connectivity index (χ1) is 25.8. The number of unbranched alkanes of at least 4 members (excludes halogenated alkanes) is 18. The molecule has 10 atom stereocenters. The van der Waals surface area contributed by atoms with Crippen molar-refractivity contribution in [3.8, 4) is 0 Å². The molecule has 0 saturated carbocycles. The van der Waals surface area contributed by atoms with E-state index >= 15 is 0 Å². The fourth-order valence-electron chi connectivity index (χ4n) is 8.61. The van der Waals surface area contributed by atoms with E-state index in [2.05, 4.69) is 22.9 Å². The minimum Gasteiger partial charge on any atom is -0.394 e. The highest BCUT2D eigenvalue weighted by Crippen LogP contribution is 2.26. The van der Waals surface area contributed by atoms with E-state index in [4.69, 9.17) is 9.47 Å². The van der Waals surface area contributed by atoms with Gasteiger partial charge in [0.25, 0.3) is 0 Å². The van der Waals surface area contributed by atoms with E-state index in [1.54, 1.807) is 0 Å². The van der Waals surface area contributed by atoms with Gasteiger partial charge < -0.3 is 45.4 Å². The molecule has 0 radical (unpaired) electrons. The number of hydrogen-bond acceptors (Lipinski definition) is 11. The lowest BCUT2D eigenvalue weighted by atomic mass is 9.92. The molecule has 3 rings (SSSR count). The highest BCUT2D eigenvalue weighted by atomic mass is 16.7. The third-order valence-corrected chi connectivity index (χ3v) is 12.3. The van der Waals surface area contributed by atoms with Crippen LogP contribution in [0, 0.1) is 11.8 Å². The van der Waals surface area contributed by atoms with Crippen molar-refractivity contribution in [2.45, 2.75) is 223 Å². The van der Waals surface area contributed by atoms with Crippen LogP contribution in [0.4, 0.5) is 0 Å². The van der Waals surface area contributed by atoms with Crippen LogP contribution in [-0.2, 0) is 9.47 Å². The zero-order valence-corrected chi connectivity index (χ0v) is 33.6. The van der Waals surface area contributed by atoms with E-state index in [-0.39, 0.29) is 18.8 Å². The second-order valence-corrected chi connectivity index (χ2v) is 16.8. The Balaban J connectivity index is 1.36. The molecule has 11 nitrogen and oxygen atoms in total. The minimum absolute atomic E-state index is 0.0609. The SMILES string of the molecule is CCCCCCCCCCCCCC[C@@H](O)[C@@H](O)[C@H](COC1OC(CO)C(O)C(O)C1O)C1NCC(CCCCCCCCCCC2CCNCC2)N1. The highest BCUT2D eigenvalue weighted by molar-refractivity contribution is 4.93. The molecule has 314 valence electrons. The summed E-state index contributed by atoms with van der Waals surface area (Å²) in [5.74, 6) is 0.381. The van der Waals surface area contributed by atoms with Gasteiger partial charge in [0.05, 0.1) is 31.6 Å². The number of aliphatic hydroxyl groups excluding tert-OH is 6. The molecule has 3 saturated heterocycles. The second kappa shape index (κ2) is 28.9. The van der Waals surface area contributed by atoms with Crippen LogP contribution in [-0.4, -0.2) is 119 Å². The summed E-state index contributed by atoms with van der Waals surface area (Å²) in [7, 11) is 0. The van der Waals surface area contributed by atoms with Crippen LogP contribution < -0.4 is 16.0 Å². The Labute approximate surface area is 322 Å². The van der Waals surface area contributed by atoms with Gasteiger partial charge >= 0.3 is 0 Å². The van der Waals surface area contributed by atoms with Crippen LogP contribution in [0.3, 0.4) is 0 Å². The molecule has 7 unspecified atom stereocenters. The zero-order chi connectivity index (χ0) is 38.1. The lowest BCUT2D eigenvalue weighted by Crippen LogP contribution is -2.60. The van der Waals surface area contributed by atoms with Crippen molar-refractivity contribution in [1.82, 2.24) is 16.0 Å². The van der Waals surface area contributed by atoms with Gasteiger partial charge in [-0.15, -0.1) is 0 Å². The third kappa shape index (κ3) is 18.6. The highest BCUT2D eigenvalue weighted by Gasteiger charge is 2.45. The molecule has 3 aliphatic rings. The first-order valence-electron chi connectivity index (χ1n) is 22.3. The van der Waals surface area contributed by atoms with Gasteiger partial charge in [-0.25, -0.2) is 0 Å². The molecule has 0 aromatic carbocycles. The Morgan fingerprint density at radius 2 is 1.23 bits per heavy atom. The average molecular weight is 758 g/mol. The van der Waals surface area contributed by atoms with Crippen molar-refractivity contribution in [2.75, 3.05) is 32.8 Å². The van der Waals surface area contributed by atoms with Gasteiger partial charge in [0.1, 0.15) is 24.4 Å². The summed E-state index contributed by atoms with van der Waals surface area (Å²) in [6.07, 6.45) is 21.5. The Morgan fingerprint density at radius 3 is 1.81 bits per heavy atom. The van der Waals surface area contributed by atoms with E-state index in [0.717, 1.165) is 44.6 Å². The summed E-state index contributed by atoms with van der Waals surface area (Å²) in [6.45, 7) is 4.79. The van der Waals surface area contributed by atoms with Crippen LogP contribution in [0.1, 0.15) is 167 Å². The molecule has 0 amide bonds. The van der Waals surface area contributed by atoms with E-state index < -0.39 is 55.4 Å². The van der Waals surface area contributed by atoms with Crippen LogP contribution in [0.15, 0.2) is 0 Å². The lowest BCUT2D eigenvalue weighted by molar-refractivity contribution is -0.305. The summed E-state index contributed by atoms with van der Waals surface area (Å²) in [6, 6.07) is 0.241. The quantitative estimate of drug-likeness (QED) is 0.0435. The maximum absolute atomic E-state index is 11.5. The van der Waals surface area contributed by atoms with Crippen LogP contribution in [0.2, 0.25) is 0 Å². The van der Waals surface area contributed by atoms with E-state index in [9.17, 15) is 30.6 Å². The third-order valence-electron chi connectivity index (χ3n) is 12.3. The normalized spacial score (nSPS) is 28.7. The van der Waals surface area contributed by atoms with Gasteiger partial charge in [-0.05, 0) is 44.7 Å². The van der Waals surface area contributed by atoms with E-state index in [0.29, 0.717) is 6.42 Å². The molecule has 3 fully saturated rings. The number of nitrogens with one attached hydrogen (secondary N) is 3. The van der Waals surface area contributed by atoms with Crippen molar-refractivity contribution in [3.05, 3.63) is 0 Å². The molecule has 3 heterocycles. The first kappa shape index (κ1) is 46.9. The second-order valence-electron chi connectivity index (χ2n) is 16.8. The number of piperidine rings is 1. The first-order valence-corrected chi connectivity index (χ1v) is 22.3. The molecule has 3 aliphatic heterocycles. The Hall–Kier alpha value is -0.440. The van der Waals surface area contributed by atoms with Gasteiger partial charge in [0, 0.05) is 18.5 Å². The van der Waals surface area contributed by atoms with Crippen molar-refractivity contribution < 1.29 is 40.1 Å². The molecule has 0 spiro atoms. The van der Waals surface area contributed by atoms with Crippen LogP contribution >= 0.6 is 0 Å². The monoisotopic (exact) mass is 758 g/mol. The topological polar surface area (TPSA) is 176 Å². The Kier molecular flexibility index (Phi) is 25.6. The largest absolute Gasteiger partial charge is 0.394 e. The molecule has 9 N–H and O–H groups in total. The van der Waals surface area contributed by atoms with E-state index in [1.807, 2.05) is 0 Å². The van der Waals surface area contributed by atoms with Crippen molar-refractivity contribution >= 4 is 0 Å². The predicted molar refractivity (Wildman–Crippen MR) is 211 cm³/mol.